The van der Waals surface area contributed by atoms with Crippen molar-refractivity contribution < 1.29 is 9.90 Å². The van der Waals surface area contributed by atoms with Gasteiger partial charge in [-0.3, -0.25) is 0 Å². The minimum atomic E-state index is -0.797. The molecule has 2 atom stereocenters. The third-order valence-corrected chi connectivity index (χ3v) is 8.72. The molecule has 4 N–H and O–H groups in total. The summed E-state index contributed by atoms with van der Waals surface area (Å²) in [5.41, 5.74) is -0.655. The van der Waals surface area contributed by atoms with E-state index in [0.29, 0.717) is 0 Å². The van der Waals surface area contributed by atoms with E-state index in [-0.39, 0.29) is 18.0 Å². The molecule has 0 spiro atoms. The van der Waals surface area contributed by atoms with E-state index in [1.807, 2.05) is 0 Å². The van der Waals surface area contributed by atoms with Gasteiger partial charge >= 0.3 is 0 Å². The Kier molecular flexibility index (Phi) is 27.2. The minimum Gasteiger partial charge on any atom is -0.550 e. The summed E-state index contributed by atoms with van der Waals surface area (Å²) in [4.78, 5) is 12.4. The van der Waals surface area contributed by atoms with Gasteiger partial charge in [0.05, 0.1) is 0 Å². The summed E-state index contributed by atoms with van der Waals surface area (Å²) in [7, 11) is 0. The fraction of sp³-hybridized carbons (Fsp3) is 0.970. The van der Waals surface area contributed by atoms with Crippen LogP contribution in [-0.2, 0) is 4.79 Å². The van der Waals surface area contributed by atoms with Gasteiger partial charge < -0.3 is 16.1 Å². The van der Waals surface area contributed by atoms with Crippen molar-refractivity contribution in [3.05, 3.63) is 0 Å². The van der Waals surface area contributed by atoms with Crippen LogP contribution in [0.2, 0.25) is 0 Å². The number of carbonyl (C=O) groups excluding carboxylic acids is 1. The Labute approximate surface area is 228 Å². The number of quaternary nitrogens is 1. The number of aliphatic carboxylic acids is 1. The molecule has 0 aromatic rings. The van der Waals surface area contributed by atoms with E-state index >= 15 is 0 Å². The maximum Gasteiger partial charge on any atom is 0.0481 e. The summed E-state index contributed by atoms with van der Waals surface area (Å²) in [5.74, 6) is -0.456. The first-order valence-corrected chi connectivity index (χ1v) is 16.1. The zero-order chi connectivity index (χ0) is 26.2. The molecule has 0 aliphatic heterocycles. The average molecular weight is 512 g/mol. The first kappa shape index (κ1) is 37.6. The van der Waals surface area contributed by atoms with Crippen LogP contribution in [0.3, 0.4) is 0 Å². The van der Waals surface area contributed by atoms with Crippen molar-refractivity contribution in [2.45, 2.75) is 189 Å². The normalized spacial score (nSPS) is 13.9. The van der Waals surface area contributed by atoms with Crippen LogP contribution in [0.4, 0.5) is 0 Å². The lowest BCUT2D eigenvalue weighted by Gasteiger charge is -2.44. The van der Waals surface area contributed by atoms with Crippen LogP contribution in [0.1, 0.15) is 189 Å². The molecular formula is C33H69NO2. The van der Waals surface area contributed by atoms with Gasteiger partial charge in [0.25, 0.3) is 0 Å². The molecule has 0 bridgehead atoms. The summed E-state index contributed by atoms with van der Waals surface area (Å²) in [5, 5.41) is 12.4. The number of unbranched alkanes of at least 4 members (excludes halogenated alkanes) is 20. The molecule has 0 aliphatic rings. The summed E-state index contributed by atoms with van der Waals surface area (Å²) >= 11 is 0. The Hall–Kier alpha value is -0.570. The SMILES string of the molecule is CCCCCCCCCCCCCCCC(C)C(CCCCCCCCCCC)(C(=O)[O-])C(C)C.[NH4+]. The highest BCUT2D eigenvalue weighted by Crippen LogP contribution is 2.43. The van der Waals surface area contributed by atoms with Crippen molar-refractivity contribution >= 4 is 5.97 Å². The molecule has 0 amide bonds. The highest BCUT2D eigenvalue weighted by atomic mass is 16.4. The number of hydrogen-bond donors (Lipinski definition) is 1. The third kappa shape index (κ3) is 17.8. The Bertz CT molecular complexity index is 465. The second-order valence-electron chi connectivity index (χ2n) is 12.0. The monoisotopic (exact) mass is 512 g/mol. The van der Waals surface area contributed by atoms with Crippen LogP contribution in [0.25, 0.3) is 0 Å². The van der Waals surface area contributed by atoms with E-state index in [9.17, 15) is 9.90 Å². The van der Waals surface area contributed by atoms with Crippen LogP contribution in [0, 0.1) is 17.3 Å². The Morgan fingerprint density at radius 3 is 1.17 bits per heavy atom. The predicted molar refractivity (Wildman–Crippen MR) is 160 cm³/mol. The number of carboxylic acids is 1. The summed E-state index contributed by atoms with van der Waals surface area (Å²) < 4.78 is 0. The molecule has 2 unspecified atom stereocenters. The summed E-state index contributed by atoms with van der Waals surface area (Å²) in [6.45, 7) is 10.9. The molecular weight excluding hydrogens is 442 g/mol. The molecule has 0 rings (SSSR count). The molecule has 0 fully saturated rings. The van der Waals surface area contributed by atoms with Crippen LogP contribution >= 0.6 is 0 Å². The van der Waals surface area contributed by atoms with Crippen LogP contribution in [-0.4, -0.2) is 5.97 Å². The van der Waals surface area contributed by atoms with Crippen LogP contribution in [0.15, 0.2) is 0 Å². The maximum absolute atomic E-state index is 12.4. The maximum atomic E-state index is 12.4. The van der Waals surface area contributed by atoms with E-state index in [1.165, 1.54) is 128 Å². The fourth-order valence-corrected chi connectivity index (χ4v) is 6.10. The van der Waals surface area contributed by atoms with E-state index < -0.39 is 11.4 Å². The molecule has 3 nitrogen and oxygen atoms in total. The first-order chi connectivity index (χ1) is 16.9. The second kappa shape index (κ2) is 26.1. The van der Waals surface area contributed by atoms with Crippen LogP contribution < -0.4 is 11.3 Å². The fourth-order valence-electron chi connectivity index (χ4n) is 6.10. The molecule has 0 aliphatic carbocycles. The third-order valence-electron chi connectivity index (χ3n) is 8.72. The average Bonchev–Trinajstić information content (AvgIpc) is 2.82. The van der Waals surface area contributed by atoms with Crippen molar-refractivity contribution in [1.82, 2.24) is 6.15 Å². The van der Waals surface area contributed by atoms with Gasteiger partial charge in [-0.2, -0.15) is 0 Å². The Morgan fingerprint density at radius 2 is 0.861 bits per heavy atom. The smallest absolute Gasteiger partial charge is 0.0481 e. The predicted octanol–water partition coefficient (Wildman–Crippen LogP) is 10.8. The molecule has 0 aromatic carbocycles. The largest absolute Gasteiger partial charge is 0.550 e. The van der Waals surface area contributed by atoms with E-state index in [2.05, 4.69) is 34.6 Å². The zero-order valence-electron chi connectivity index (χ0n) is 25.9. The standard InChI is InChI=1S/C33H66O2.H3N/c1-6-8-10-12-14-16-17-18-19-20-22-24-26-28-31(5)33(30(3)4,32(34)35)29-27-25-23-21-15-13-11-9-7-2;/h30-31H,6-29H2,1-5H3,(H,34,35);1H3. The van der Waals surface area contributed by atoms with Gasteiger partial charge in [0, 0.05) is 11.4 Å². The second-order valence-corrected chi connectivity index (χ2v) is 12.0. The molecule has 0 radical (unpaired) electrons. The van der Waals surface area contributed by atoms with Crippen LogP contribution in [0.5, 0.6) is 0 Å². The van der Waals surface area contributed by atoms with Gasteiger partial charge in [-0.05, 0) is 24.7 Å². The van der Waals surface area contributed by atoms with Crippen molar-refractivity contribution in [2.24, 2.45) is 17.3 Å². The lowest BCUT2D eigenvalue weighted by atomic mass is 9.64. The topological polar surface area (TPSA) is 76.6 Å². The van der Waals surface area contributed by atoms with Crippen molar-refractivity contribution in [1.29, 1.82) is 0 Å². The van der Waals surface area contributed by atoms with Gasteiger partial charge in [0.1, 0.15) is 0 Å². The quantitative estimate of drug-likeness (QED) is 0.111. The van der Waals surface area contributed by atoms with E-state index in [1.54, 1.807) is 0 Å². The van der Waals surface area contributed by atoms with Gasteiger partial charge in [-0.1, -0.05) is 176 Å². The minimum absolute atomic E-state index is 0. The Morgan fingerprint density at radius 1 is 0.556 bits per heavy atom. The van der Waals surface area contributed by atoms with Gasteiger partial charge in [0.2, 0.25) is 0 Å². The molecule has 0 aromatic heterocycles. The number of hydrogen-bond acceptors (Lipinski definition) is 2. The highest BCUT2D eigenvalue weighted by molar-refractivity contribution is 5.73. The molecule has 36 heavy (non-hydrogen) atoms. The van der Waals surface area contributed by atoms with E-state index in [0.717, 1.165) is 25.7 Å². The first-order valence-electron chi connectivity index (χ1n) is 16.1. The van der Waals surface area contributed by atoms with Gasteiger partial charge in [0.15, 0.2) is 0 Å². The van der Waals surface area contributed by atoms with Crippen molar-refractivity contribution in [3.63, 3.8) is 0 Å². The molecule has 218 valence electrons. The lowest BCUT2D eigenvalue weighted by Crippen LogP contribution is -2.50. The van der Waals surface area contributed by atoms with Gasteiger partial charge in [-0.25, -0.2) is 0 Å². The molecule has 0 heterocycles. The molecule has 0 saturated heterocycles. The lowest BCUT2D eigenvalue weighted by molar-refractivity contribution is -0.325. The number of carboxylic acid groups (broad SMARTS) is 1. The van der Waals surface area contributed by atoms with Gasteiger partial charge in [-0.15, -0.1) is 0 Å². The molecule has 0 saturated carbocycles. The Balaban J connectivity index is 0. The van der Waals surface area contributed by atoms with E-state index in [4.69, 9.17) is 0 Å². The number of rotatable bonds is 27. The molecule has 3 heteroatoms. The zero-order valence-corrected chi connectivity index (χ0v) is 25.9. The highest BCUT2D eigenvalue weighted by Gasteiger charge is 2.39. The summed E-state index contributed by atoms with van der Waals surface area (Å²) in [6, 6.07) is 0. The summed E-state index contributed by atoms with van der Waals surface area (Å²) in [6.07, 6.45) is 31.0. The number of carbonyl (C=O) groups is 1. The van der Waals surface area contributed by atoms with Crippen molar-refractivity contribution in [3.8, 4) is 0 Å². The van der Waals surface area contributed by atoms with Crippen molar-refractivity contribution in [2.75, 3.05) is 0 Å².